The average molecular weight is 411 g/mol. The van der Waals surface area contributed by atoms with Crippen LogP contribution in [0.25, 0.3) is 0 Å². The van der Waals surface area contributed by atoms with Crippen LogP contribution in [0.1, 0.15) is 36.3 Å². The van der Waals surface area contributed by atoms with Crippen molar-refractivity contribution in [2.24, 2.45) is 5.92 Å². The second kappa shape index (κ2) is 6.71. The van der Waals surface area contributed by atoms with Crippen LogP contribution in [0, 0.1) is 12.8 Å². The zero-order valence-corrected chi connectivity index (χ0v) is 14.9. The summed E-state index contributed by atoms with van der Waals surface area (Å²) >= 11 is 2.23. The van der Waals surface area contributed by atoms with E-state index in [9.17, 15) is 9.90 Å². The molecule has 2 aliphatic rings. The van der Waals surface area contributed by atoms with Crippen LogP contribution in [0.2, 0.25) is 0 Å². The molecule has 1 aromatic carbocycles. The predicted octanol–water partition coefficient (Wildman–Crippen LogP) is 3.96. The van der Waals surface area contributed by atoms with Gasteiger partial charge in [0.15, 0.2) is 0 Å². The standard InChI is InChI=1S/C18H22INO2/c1-12-3-5-13(6-4-12)15-11-14-7-8-16(17(15)18(21)22)20(14)10-2-9-19/h2-6,9,14-17H,7-8,10-11H2,1H3,(H,21,22)/b9-2+/t14-,15-,16+,17+/m0/s1. The van der Waals surface area contributed by atoms with E-state index in [1.54, 1.807) is 0 Å². The fourth-order valence-electron chi connectivity index (χ4n) is 4.25. The summed E-state index contributed by atoms with van der Waals surface area (Å²) in [6.07, 6.45) is 5.24. The zero-order valence-electron chi connectivity index (χ0n) is 12.8. The Bertz CT molecular complexity index is 569. The largest absolute Gasteiger partial charge is 0.481 e. The number of carbonyl (C=O) groups is 1. The van der Waals surface area contributed by atoms with Crippen molar-refractivity contribution in [2.45, 2.75) is 44.2 Å². The summed E-state index contributed by atoms with van der Waals surface area (Å²) in [6.45, 7) is 2.95. The lowest BCUT2D eigenvalue weighted by molar-refractivity contribution is -0.146. The van der Waals surface area contributed by atoms with Gasteiger partial charge in [-0.25, -0.2) is 0 Å². The lowest BCUT2D eigenvalue weighted by Crippen LogP contribution is -2.50. The van der Waals surface area contributed by atoms with Crippen LogP contribution in [-0.4, -0.2) is 34.6 Å². The minimum Gasteiger partial charge on any atom is -0.481 e. The van der Waals surface area contributed by atoms with Gasteiger partial charge in [0.25, 0.3) is 0 Å². The fourth-order valence-corrected chi connectivity index (χ4v) is 4.48. The molecule has 2 aliphatic heterocycles. The van der Waals surface area contributed by atoms with Gasteiger partial charge in [-0.3, -0.25) is 9.69 Å². The molecule has 3 nitrogen and oxygen atoms in total. The molecule has 2 heterocycles. The number of nitrogens with zero attached hydrogens (tertiary/aromatic N) is 1. The number of fused-ring (bicyclic) bond motifs is 2. The van der Waals surface area contributed by atoms with E-state index in [-0.39, 0.29) is 17.9 Å². The molecule has 0 saturated carbocycles. The molecule has 1 N–H and O–H groups in total. The third-order valence-corrected chi connectivity index (χ3v) is 5.77. The minimum absolute atomic E-state index is 0.149. The molecule has 118 valence electrons. The van der Waals surface area contributed by atoms with Crippen molar-refractivity contribution < 1.29 is 9.90 Å². The first-order valence-corrected chi connectivity index (χ1v) is 9.16. The van der Waals surface area contributed by atoms with E-state index in [0.29, 0.717) is 6.04 Å². The molecule has 0 amide bonds. The summed E-state index contributed by atoms with van der Waals surface area (Å²) < 4.78 is 2.03. The van der Waals surface area contributed by atoms with Gasteiger partial charge in [-0.05, 0) is 35.8 Å². The maximum Gasteiger partial charge on any atom is 0.308 e. The number of halogens is 1. The van der Waals surface area contributed by atoms with Crippen molar-refractivity contribution in [3.05, 3.63) is 45.6 Å². The summed E-state index contributed by atoms with van der Waals surface area (Å²) in [7, 11) is 0. The van der Waals surface area contributed by atoms with Gasteiger partial charge in [-0.1, -0.05) is 58.5 Å². The van der Waals surface area contributed by atoms with E-state index >= 15 is 0 Å². The number of carboxylic acid groups (broad SMARTS) is 1. The molecule has 3 rings (SSSR count). The number of carboxylic acids is 1. The average Bonchev–Trinajstić information content (AvgIpc) is 2.76. The number of aliphatic carboxylic acids is 1. The lowest BCUT2D eigenvalue weighted by Gasteiger charge is -2.42. The molecule has 2 saturated heterocycles. The van der Waals surface area contributed by atoms with E-state index < -0.39 is 5.97 Å². The quantitative estimate of drug-likeness (QED) is 0.763. The molecule has 22 heavy (non-hydrogen) atoms. The first-order chi connectivity index (χ1) is 10.6. The molecule has 2 bridgehead atoms. The van der Waals surface area contributed by atoms with Crippen molar-refractivity contribution >= 4 is 28.6 Å². The Morgan fingerprint density at radius 3 is 2.73 bits per heavy atom. The van der Waals surface area contributed by atoms with Crippen LogP contribution in [0.15, 0.2) is 34.4 Å². The topological polar surface area (TPSA) is 40.5 Å². The van der Waals surface area contributed by atoms with Gasteiger partial charge >= 0.3 is 5.97 Å². The van der Waals surface area contributed by atoms with Crippen molar-refractivity contribution in [2.75, 3.05) is 6.54 Å². The Morgan fingerprint density at radius 2 is 2.09 bits per heavy atom. The van der Waals surface area contributed by atoms with E-state index in [1.807, 2.05) is 4.08 Å². The third kappa shape index (κ3) is 2.95. The van der Waals surface area contributed by atoms with Crippen LogP contribution >= 0.6 is 22.6 Å². The van der Waals surface area contributed by atoms with Gasteiger partial charge in [0, 0.05) is 24.5 Å². The second-order valence-corrected chi connectivity index (χ2v) is 7.19. The van der Waals surface area contributed by atoms with E-state index in [1.165, 1.54) is 11.1 Å². The highest BCUT2D eigenvalue weighted by Gasteiger charge is 2.50. The van der Waals surface area contributed by atoms with E-state index in [0.717, 1.165) is 25.8 Å². The maximum atomic E-state index is 12.0. The molecule has 0 aliphatic carbocycles. The van der Waals surface area contributed by atoms with Crippen molar-refractivity contribution in [3.63, 3.8) is 0 Å². The minimum atomic E-state index is -0.639. The van der Waals surface area contributed by atoms with Gasteiger partial charge in [0.2, 0.25) is 0 Å². The number of piperidine rings is 1. The molecular formula is C18H22INO2. The van der Waals surface area contributed by atoms with Gasteiger partial charge in [-0.15, -0.1) is 0 Å². The molecule has 4 atom stereocenters. The lowest BCUT2D eigenvalue weighted by atomic mass is 9.76. The molecule has 2 fully saturated rings. The van der Waals surface area contributed by atoms with Crippen LogP contribution in [0.4, 0.5) is 0 Å². The van der Waals surface area contributed by atoms with Crippen LogP contribution in [0.3, 0.4) is 0 Å². The number of hydrogen-bond donors (Lipinski definition) is 1. The summed E-state index contributed by atoms with van der Waals surface area (Å²) in [5, 5.41) is 9.84. The SMILES string of the molecule is Cc1ccc([C@@H]2C[C@@H]3CC[C@H]([C@@H]2C(=O)O)N3C/C=C/I)cc1. The smallest absolute Gasteiger partial charge is 0.308 e. The summed E-state index contributed by atoms with van der Waals surface area (Å²) in [4.78, 5) is 14.4. The number of benzene rings is 1. The predicted molar refractivity (Wildman–Crippen MR) is 96.3 cm³/mol. The molecule has 1 aromatic rings. The van der Waals surface area contributed by atoms with Crippen LogP contribution < -0.4 is 0 Å². The monoisotopic (exact) mass is 411 g/mol. The Kier molecular flexibility index (Phi) is 4.88. The Morgan fingerprint density at radius 1 is 1.36 bits per heavy atom. The van der Waals surface area contributed by atoms with Gasteiger partial charge < -0.3 is 5.11 Å². The Labute approximate surface area is 145 Å². The van der Waals surface area contributed by atoms with Gasteiger partial charge in [-0.2, -0.15) is 0 Å². The summed E-state index contributed by atoms with van der Waals surface area (Å²) in [5.74, 6) is -0.779. The zero-order chi connectivity index (χ0) is 15.7. The summed E-state index contributed by atoms with van der Waals surface area (Å²) in [6, 6.07) is 9.14. The molecule has 4 heteroatoms. The highest BCUT2D eigenvalue weighted by Crippen LogP contribution is 2.46. The van der Waals surface area contributed by atoms with Gasteiger partial charge in [0.05, 0.1) is 5.92 Å². The Balaban J connectivity index is 1.90. The van der Waals surface area contributed by atoms with E-state index in [2.05, 4.69) is 64.8 Å². The molecular weight excluding hydrogens is 389 g/mol. The van der Waals surface area contributed by atoms with Crippen molar-refractivity contribution in [1.82, 2.24) is 4.90 Å². The highest BCUT2D eigenvalue weighted by atomic mass is 127. The molecule has 0 unspecified atom stereocenters. The Hall–Kier alpha value is -0.880. The number of hydrogen-bond acceptors (Lipinski definition) is 2. The molecule has 0 radical (unpaired) electrons. The highest BCUT2D eigenvalue weighted by molar-refractivity contribution is 14.1. The van der Waals surface area contributed by atoms with E-state index in [4.69, 9.17) is 0 Å². The number of aryl methyl sites for hydroxylation is 1. The second-order valence-electron chi connectivity index (χ2n) is 6.47. The third-order valence-electron chi connectivity index (χ3n) is 5.26. The normalized spacial score (nSPS) is 31.7. The van der Waals surface area contributed by atoms with Gasteiger partial charge in [0.1, 0.15) is 0 Å². The van der Waals surface area contributed by atoms with Crippen molar-refractivity contribution in [1.29, 1.82) is 0 Å². The maximum absolute atomic E-state index is 12.0. The molecule has 0 spiro atoms. The van der Waals surface area contributed by atoms with Crippen LogP contribution in [-0.2, 0) is 4.79 Å². The molecule has 0 aromatic heterocycles. The first kappa shape index (κ1) is 16.0. The van der Waals surface area contributed by atoms with Crippen molar-refractivity contribution in [3.8, 4) is 0 Å². The fraction of sp³-hybridized carbons (Fsp3) is 0.500. The van der Waals surface area contributed by atoms with Crippen LogP contribution in [0.5, 0.6) is 0 Å². The number of rotatable bonds is 4. The summed E-state index contributed by atoms with van der Waals surface area (Å²) in [5.41, 5.74) is 2.42. The first-order valence-electron chi connectivity index (χ1n) is 7.92.